The molecular formula is C16H20N4O4. The summed E-state index contributed by atoms with van der Waals surface area (Å²) in [5.74, 6) is -0.736. The lowest BCUT2D eigenvalue weighted by Crippen LogP contribution is -2.34. The number of benzene rings is 1. The number of ether oxygens (including phenoxy) is 3. The van der Waals surface area contributed by atoms with Crippen LogP contribution in [0.4, 0.5) is 4.79 Å². The maximum absolute atomic E-state index is 12.1. The second-order valence-electron chi connectivity index (χ2n) is 5.99. The van der Waals surface area contributed by atoms with Gasteiger partial charge in [0.05, 0.1) is 6.20 Å². The van der Waals surface area contributed by atoms with Gasteiger partial charge >= 0.3 is 6.09 Å². The van der Waals surface area contributed by atoms with Crippen molar-refractivity contribution in [2.24, 2.45) is 0 Å². The van der Waals surface area contributed by atoms with Gasteiger partial charge in [0.25, 0.3) is 0 Å². The molecule has 1 unspecified atom stereocenters. The van der Waals surface area contributed by atoms with Gasteiger partial charge in [-0.1, -0.05) is 35.5 Å². The van der Waals surface area contributed by atoms with Crippen molar-refractivity contribution >= 4 is 6.09 Å². The van der Waals surface area contributed by atoms with E-state index in [2.05, 4.69) is 10.3 Å². The molecule has 0 spiro atoms. The molecule has 1 amide bonds. The highest BCUT2D eigenvalue weighted by Gasteiger charge is 2.35. The lowest BCUT2D eigenvalue weighted by atomic mass is 10.2. The van der Waals surface area contributed by atoms with Crippen LogP contribution in [0.5, 0.6) is 0 Å². The van der Waals surface area contributed by atoms with Gasteiger partial charge in [-0.25, -0.2) is 9.48 Å². The molecule has 1 aliphatic heterocycles. The van der Waals surface area contributed by atoms with E-state index in [0.717, 1.165) is 11.3 Å². The second kappa shape index (κ2) is 6.58. The van der Waals surface area contributed by atoms with Crippen molar-refractivity contribution in [2.45, 2.75) is 32.6 Å². The van der Waals surface area contributed by atoms with Crippen LogP contribution in [-0.2, 0) is 20.9 Å². The molecule has 2 aromatic rings. The van der Waals surface area contributed by atoms with Crippen molar-refractivity contribution in [3.8, 4) is 11.3 Å². The zero-order valence-electron chi connectivity index (χ0n) is 13.9. The first-order valence-electron chi connectivity index (χ1n) is 7.62. The van der Waals surface area contributed by atoms with E-state index in [-0.39, 0.29) is 13.3 Å². The topological polar surface area (TPSA) is 78.7 Å². The first kappa shape index (κ1) is 16.4. The molecule has 0 saturated carbocycles. The van der Waals surface area contributed by atoms with Gasteiger partial charge in [0, 0.05) is 12.6 Å². The largest absolute Gasteiger partial charge is 0.417 e. The third-order valence-electron chi connectivity index (χ3n) is 3.49. The fourth-order valence-electron chi connectivity index (χ4n) is 2.30. The van der Waals surface area contributed by atoms with Crippen molar-refractivity contribution in [3.63, 3.8) is 0 Å². The Morgan fingerprint density at radius 2 is 2.17 bits per heavy atom. The minimum absolute atomic E-state index is 0.216. The molecule has 1 saturated heterocycles. The Morgan fingerprint density at radius 3 is 2.83 bits per heavy atom. The fourth-order valence-corrected chi connectivity index (χ4v) is 2.30. The van der Waals surface area contributed by atoms with E-state index in [4.69, 9.17) is 14.2 Å². The van der Waals surface area contributed by atoms with Crippen molar-refractivity contribution in [1.82, 2.24) is 19.9 Å². The smallest absolute Gasteiger partial charge is 0.413 e. The Kier molecular flexibility index (Phi) is 4.50. The highest BCUT2D eigenvalue weighted by Crippen LogP contribution is 2.23. The van der Waals surface area contributed by atoms with Gasteiger partial charge < -0.3 is 14.2 Å². The highest BCUT2D eigenvalue weighted by molar-refractivity contribution is 5.67. The SMILES string of the molecule is CN(Cn1cc(-c2ccccc2)nn1)C(=O)OC1COC(C)(C)O1. The van der Waals surface area contributed by atoms with E-state index in [9.17, 15) is 4.79 Å². The van der Waals surface area contributed by atoms with Crippen LogP contribution in [0.2, 0.25) is 0 Å². The standard InChI is InChI=1S/C16H20N4O4/c1-16(2)22-10-14(24-16)23-15(21)19(3)11-20-9-13(17-18-20)12-7-5-4-6-8-12/h4-9,14H,10-11H2,1-3H3. The minimum Gasteiger partial charge on any atom is -0.417 e. The summed E-state index contributed by atoms with van der Waals surface area (Å²) in [5.41, 5.74) is 1.71. The summed E-state index contributed by atoms with van der Waals surface area (Å²) in [6.45, 7) is 3.97. The maximum Gasteiger partial charge on any atom is 0.413 e. The van der Waals surface area contributed by atoms with Crippen LogP contribution < -0.4 is 0 Å². The van der Waals surface area contributed by atoms with Gasteiger partial charge in [0.2, 0.25) is 6.29 Å². The van der Waals surface area contributed by atoms with E-state index < -0.39 is 18.2 Å². The summed E-state index contributed by atoms with van der Waals surface area (Å²) >= 11 is 0. The lowest BCUT2D eigenvalue weighted by Gasteiger charge is -2.20. The molecular weight excluding hydrogens is 312 g/mol. The molecule has 0 aliphatic carbocycles. The van der Waals surface area contributed by atoms with Crippen LogP contribution in [0.25, 0.3) is 11.3 Å². The van der Waals surface area contributed by atoms with Crippen LogP contribution >= 0.6 is 0 Å². The normalized spacial score (nSPS) is 19.2. The third kappa shape index (κ3) is 3.90. The molecule has 0 N–H and O–H groups in total. The van der Waals surface area contributed by atoms with E-state index in [1.54, 1.807) is 31.8 Å². The molecule has 1 fully saturated rings. The molecule has 2 heterocycles. The summed E-state index contributed by atoms with van der Waals surface area (Å²) < 4.78 is 17.6. The Bertz CT molecular complexity index is 701. The van der Waals surface area contributed by atoms with E-state index >= 15 is 0 Å². The zero-order valence-corrected chi connectivity index (χ0v) is 13.9. The second-order valence-corrected chi connectivity index (χ2v) is 5.99. The molecule has 3 rings (SSSR count). The quantitative estimate of drug-likeness (QED) is 0.853. The highest BCUT2D eigenvalue weighted by atomic mass is 16.8. The number of hydrogen-bond donors (Lipinski definition) is 0. The predicted molar refractivity (Wildman–Crippen MR) is 84.6 cm³/mol. The van der Waals surface area contributed by atoms with Crippen LogP contribution in [0.3, 0.4) is 0 Å². The van der Waals surface area contributed by atoms with Crippen LogP contribution in [0.15, 0.2) is 36.5 Å². The molecule has 8 heteroatoms. The van der Waals surface area contributed by atoms with Gasteiger partial charge in [0.1, 0.15) is 19.0 Å². The molecule has 24 heavy (non-hydrogen) atoms. The summed E-state index contributed by atoms with van der Waals surface area (Å²) in [6, 6.07) is 9.71. The molecule has 1 aromatic carbocycles. The molecule has 8 nitrogen and oxygen atoms in total. The third-order valence-corrected chi connectivity index (χ3v) is 3.49. The van der Waals surface area contributed by atoms with Crippen LogP contribution in [0.1, 0.15) is 13.8 Å². The average molecular weight is 332 g/mol. The van der Waals surface area contributed by atoms with Crippen LogP contribution in [0, 0.1) is 0 Å². The molecule has 0 radical (unpaired) electrons. The average Bonchev–Trinajstić information content (AvgIpc) is 3.14. The fraction of sp³-hybridized carbons (Fsp3) is 0.438. The molecule has 128 valence electrons. The van der Waals surface area contributed by atoms with Crippen molar-refractivity contribution in [2.75, 3.05) is 13.7 Å². The Labute approximate surface area is 139 Å². The molecule has 1 atom stereocenters. The summed E-state index contributed by atoms with van der Waals surface area (Å²) in [4.78, 5) is 13.5. The molecule has 1 aromatic heterocycles. The van der Waals surface area contributed by atoms with Gasteiger partial charge in [-0.15, -0.1) is 5.10 Å². The van der Waals surface area contributed by atoms with Gasteiger partial charge in [-0.05, 0) is 13.8 Å². The predicted octanol–water partition coefficient (Wildman–Crippen LogP) is 2.08. The zero-order chi connectivity index (χ0) is 17.2. The van der Waals surface area contributed by atoms with E-state index in [1.807, 2.05) is 30.3 Å². The Balaban J connectivity index is 1.56. The first-order chi connectivity index (χ1) is 11.4. The lowest BCUT2D eigenvalue weighted by molar-refractivity contribution is -0.176. The van der Waals surface area contributed by atoms with E-state index in [0.29, 0.717) is 0 Å². The maximum atomic E-state index is 12.1. The number of amides is 1. The number of carbonyl (C=O) groups is 1. The minimum atomic E-state index is -0.736. The summed E-state index contributed by atoms with van der Waals surface area (Å²) in [7, 11) is 1.62. The van der Waals surface area contributed by atoms with Gasteiger partial charge in [0.15, 0.2) is 5.79 Å². The number of hydrogen-bond acceptors (Lipinski definition) is 6. The van der Waals surface area contributed by atoms with E-state index in [1.165, 1.54) is 4.90 Å². The molecule has 1 aliphatic rings. The summed E-state index contributed by atoms with van der Waals surface area (Å²) in [5, 5.41) is 8.14. The Morgan fingerprint density at radius 1 is 1.42 bits per heavy atom. The monoisotopic (exact) mass is 332 g/mol. The van der Waals surface area contributed by atoms with Crippen LogP contribution in [-0.4, -0.2) is 51.7 Å². The number of nitrogens with zero attached hydrogens (tertiary/aromatic N) is 4. The number of rotatable bonds is 4. The number of carbonyl (C=O) groups excluding carboxylic acids is 1. The Hall–Kier alpha value is -2.45. The molecule has 0 bridgehead atoms. The van der Waals surface area contributed by atoms with Gasteiger partial charge in [-0.2, -0.15) is 0 Å². The van der Waals surface area contributed by atoms with Crippen molar-refractivity contribution in [3.05, 3.63) is 36.5 Å². The van der Waals surface area contributed by atoms with Gasteiger partial charge in [-0.3, -0.25) is 4.90 Å². The van der Waals surface area contributed by atoms with Crippen molar-refractivity contribution < 1.29 is 19.0 Å². The first-order valence-corrected chi connectivity index (χ1v) is 7.62. The summed E-state index contributed by atoms with van der Waals surface area (Å²) in [6.07, 6.45) is 0.556. The van der Waals surface area contributed by atoms with Crippen molar-refractivity contribution in [1.29, 1.82) is 0 Å². The number of aromatic nitrogens is 3.